The van der Waals surface area contributed by atoms with Gasteiger partial charge in [-0.15, -0.1) is 11.3 Å². The average molecular weight is 251 g/mol. The van der Waals surface area contributed by atoms with Crippen molar-refractivity contribution in [1.29, 1.82) is 0 Å². The zero-order valence-electron chi connectivity index (χ0n) is 10.1. The van der Waals surface area contributed by atoms with E-state index >= 15 is 0 Å². The van der Waals surface area contributed by atoms with Crippen molar-refractivity contribution in [1.82, 2.24) is 5.32 Å². The Kier molecular flexibility index (Phi) is 4.23. The molecule has 0 bridgehead atoms. The van der Waals surface area contributed by atoms with Gasteiger partial charge in [-0.1, -0.05) is 6.92 Å². The lowest BCUT2D eigenvalue weighted by atomic mass is 10.1. The second-order valence-corrected chi connectivity index (χ2v) is 4.69. The highest BCUT2D eigenvalue weighted by Crippen LogP contribution is 2.32. The fraction of sp³-hybridized carbons (Fsp3) is 0.385. The largest absolute Gasteiger partial charge is 0.496 e. The molecule has 0 saturated carbocycles. The van der Waals surface area contributed by atoms with Crippen LogP contribution in [0.1, 0.15) is 23.6 Å². The number of thiophene rings is 1. The van der Waals surface area contributed by atoms with Crippen LogP contribution < -0.4 is 10.1 Å². The quantitative estimate of drug-likeness (QED) is 0.856. The lowest BCUT2D eigenvalue weighted by molar-refractivity contribution is 0.398. The van der Waals surface area contributed by atoms with Crippen LogP contribution in [0.5, 0.6) is 5.75 Å². The number of nitrogens with one attached hydrogen (secondary N) is 1. The van der Waals surface area contributed by atoms with Crippen LogP contribution in [0.4, 0.5) is 0 Å². The summed E-state index contributed by atoms with van der Waals surface area (Å²) in [5, 5.41) is 5.52. The molecule has 2 rings (SSSR count). The smallest absolute Gasteiger partial charge is 0.134 e. The topological polar surface area (TPSA) is 34.4 Å². The van der Waals surface area contributed by atoms with Gasteiger partial charge < -0.3 is 14.5 Å². The third-order valence-electron chi connectivity index (χ3n) is 2.63. The van der Waals surface area contributed by atoms with E-state index < -0.39 is 0 Å². The summed E-state index contributed by atoms with van der Waals surface area (Å²) in [5.41, 5.74) is 0. The maximum atomic E-state index is 5.41. The summed E-state index contributed by atoms with van der Waals surface area (Å²) in [5.74, 6) is 1.94. The maximum absolute atomic E-state index is 5.41. The molecule has 3 nitrogen and oxygen atoms in total. The first-order chi connectivity index (χ1) is 8.35. The normalized spacial score (nSPS) is 12.6. The first-order valence-corrected chi connectivity index (χ1v) is 6.60. The van der Waals surface area contributed by atoms with E-state index in [0.29, 0.717) is 0 Å². The van der Waals surface area contributed by atoms with Crippen molar-refractivity contribution in [2.75, 3.05) is 13.7 Å². The highest BCUT2D eigenvalue weighted by Gasteiger charge is 2.18. The monoisotopic (exact) mass is 251 g/mol. The first kappa shape index (κ1) is 12.2. The fourth-order valence-corrected chi connectivity index (χ4v) is 2.80. The summed E-state index contributed by atoms with van der Waals surface area (Å²) >= 11 is 1.71. The lowest BCUT2D eigenvalue weighted by Gasteiger charge is -2.16. The Morgan fingerprint density at radius 3 is 3.00 bits per heavy atom. The van der Waals surface area contributed by atoms with Crippen LogP contribution in [0.15, 0.2) is 34.3 Å². The molecule has 2 aromatic rings. The molecule has 1 N–H and O–H groups in total. The third kappa shape index (κ3) is 2.90. The van der Waals surface area contributed by atoms with E-state index in [4.69, 9.17) is 9.15 Å². The van der Waals surface area contributed by atoms with Gasteiger partial charge in [0.05, 0.1) is 24.3 Å². The number of likely N-dealkylation sites (N-methyl/N-ethyl adjacent to an activating group) is 1. The number of furan rings is 1. The second kappa shape index (κ2) is 5.89. The van der Waals surface area contributed by atoms with Crippen LogP contribution in [0, 0.1) is 0 Å². The van der Waals surface area contributed by atoms with Gasteiger partial charge in [0.1, 0.15) is 11.5 Å². The highest BCUT2D eigenvalue weighted by atomic mass is 32.1. The van der Waals surface area contributed by atoms with Crippen molar-refractivity contribution >= 4 is 11.3 Å². The van der Waals surface area contributed by atoms with Crippen molar-refractivity contribution in [3.63, 3.8) is 0 Å². The van der Waals surface area contributed by atoms with Crippen LogP contribution >= 0.6 is 11.3 Å². The lowest BCUT2D eigenvalue weighted by Crippen LogP contribution is -2.22. The van der Waals surface area contributed by atoms with Gasteiger partial charge in [-0.3, -0.25) is 0 Å². The highest BCUT2D eigenvalue weighted by molar-refractivity contribution is 7.10. The molecular weight excluding hydrogens is 234 g/mol. The molecule has 1 unspecified atom stereocenters. The minimum absolute atomic E-state index is 0.251. The molecule has 0 radical (unpaired) electrons. The van der Waals surface area contributed by atoms with Crippen molar-refractivity contribution < 1.29 is 9.15 Å². The van der Waals surface area contributed by atoms with Crippen LogP contribution in [-0.4, -0.2) is 13.7 Å². The number of hydrogen-bond acceptors (Lipinski definition) is 4. The van der Waals surface area contributed by atoms with E-state index in [-0.39, 0.29) is 6.04 Å². The van der Waals surface area contributed by atoms with Gasteiger partial charge in [-0.25, -0.2) is 0 Å². The Morgan fingerprint density at radius 1 is 1.47 bits per heavy atom. The summed E-state index contributed by atoms with van der Waals surface area (Å²) in [6.07, 6.45) is 2.56. The van der Waals surface area contributed by atoms with Gasteiger partial charge in [-0.2, -0.15) is 0 Å². The van der Waals surface area contributed by atoms with Crippen molar-refractivity contribution in [3.8, 4) is 5.75 Å². The molecule has 0 aliphatic carbocycles. The van der Waals surface area contributed by atoms with E-state index in [0.717, 1.165) is 24.5 Å². The molecule has 0 spiro atoms. The van der Waals surface area contributed by atoms with Gasteiger partial charge in [0.2, 0.25) is 0 Å². The van der Waals surface area contributed by atoms with E-state index in [1.54, 1.807) is 24.7 Å². The van der Waals surface area contributed by atoms with Crippen LogP contribution in [0.25, 0.3) is 0 Å². The van der Waals surface area contributed by atoms with E-state index in [9.17, 15) is 0 Å². The number of methoxy groups -OCH3 is 1. The molecule has 2 aromatic heterocycles. The van der Waals surface area contributed by atoms with E-state index in [2.05, 4.69) is 17.6 Å². The minimum Gasteiger partial charge on any atom is -0.496 e. The average Bonchev–Trinajstić information content (AvgIpc) is 2.98. The van der Waals surface area contributed by atoms with Gasteiger partial charge >= 0.3 is 0 Å². The Labute approximate surface area is 105 Å². The number of hydrogen-bond donors (Lipinski definition) is 1. The predicted octanol–water partition coefficient (Wildman–Crippen LogP) is 3.24. The fourth-order valence-electron chi connectivity index (χ4n) is 1.87. The molecule has 4 heteroatoms. The van der Waals surface area contributed by atoms with Crippen LogP contribution in [0.3, 0.4) is 0 Å². The van der Waals surface area contributed by atoms with Gasteiger partial charge in [0.15, 0.2) is 0 Å². The first-order valence-electron chi connectivity index (χ1n) is 5.72. The summed E-state index contributed by atoms with van der Waals surface area (Å²) in [7, 11) is 1.71. The Hall–Kier alpha value is -1.26. The molecule has 2 heterocycles. The molecule has 0 aliphatic rings. The van der Waals surface area contributed by atoms with E-state index in [1.807, 2.05) is 18.2 Å². The second-order valence-electron chi connectivity index (χ2n) is 3.75. The molecule has 1 atom stereocenters. The summed E-state index contributed by atoms with van der Waals surface area (Å²) in [6.45, 7) is 3.03. The zero-order valence-corrected chi connectivity index (χ0v) is 10.9. The summed E-state index contributed by atoms with van der Waals surface area (Å²) in [4.78, 5) is 1.23. The van der Waals surface area contributed by atoms with Crippen LogP contribution in [0.2, 0.25) is 0 Å². The SMILES string of the molecule is CCNC(Cc1ccco1)c1sccc1OC. The maximum Gasteiger partial charge on any atom is 0.134 e. The van der Waals surface area contributed by atoms with Crippen molar-refractivity contribution in [3.05, 3.63) is 40.5 Å². The molecule has 0 fully saturated rings. The number of ether oxygens (including phenoxy) is 1. The Balaban J connectivity index is 2.16. The van der Waals surface area contributed by atoms with Gasteiger partial charge in [0.25, 0.3) is 0 Å². The Bertz CT molecular complexity index is 436. The number of rotatable bonds is 6. The molecular formula is C13H17NO2S. The van der Waals surface area contributed by atoms with Crippen molar-refractivity contribution in [2.24, 2.45) is 0 Å². The predicted molar refractivity (Wildman–Crippen MR) is 69.7 cm³/mol. The summed E-state index contributed by atoms with van der Waals surface area (Å²) < 4.78 is 10.8. The van der Waals surface area contributed by atoms with E-state index in [1.165, 1.54) is 4.88 Å². The molecule has 0 saturated heterocycles. The Morgan fingerprint density at radius 2 is 2.35 bits per heavy atom. The molecule has 92 valence electrons. The molecule has 17 heavy (non-hydrogen) atoms. The zero-order chi connectivity index (χ0) is 12.1. The standard InChI is InChI=1S/C13H17NO2S/c1-3-14-11(9-10-5-4-7-16-10)13-12(15-2)6-8-17-13/h4-8,11,14H,3,9H2,1-2H3. The molecule has 0 amide bonds. The van der Waals surface area contributed by atoms with Gasteiger partial charge in [0, 0.05) is 6.42 Å². The van der Waals surface area contributed by atoms with Crippen LogP contribution in [-0.2, 0) is 6.42 Å². The van der Waals surface area contributed by atoms with Crippen molar-refractivity contribution in [2.45, 2.75) is 19.4 Å². The summed E-state index contributed by atoms with van der Waals surface area (Å²) in [6, 6.07) is 6.18. The molecule has 0 aromatic carbocycles. The molecule has 0 aliphatic heterocycles. The minimum atomic E-state index is 0.251. The van der Waals surface area contributed by atoms with Gasteiger partial charge in [-0.05, 0) is 30.1 Å². The third-order valence-corrected chi connectivity index (χ3v) is 3.64.